The Kier molecular flexibility index (Phi) is 7.42. The van der Waals surface area contributed by atoms with Gasteiger partial charge in [-0.05, 0) is 116 Å². The molecule has 0 bridgehead atoms. The summed E-state index contributed by atoms with van der Waals surface area (Å²) in [5, 5.41) is 12.3. The Morgan fingerprint density at radius 2 is 0.871 bits per heavy atom. The Morgan fingerprint density at radius 1 is 0.323 bits per heavy atom. The molecule has 0 spiro atoms. The molecule has 1 aliphatic carbocycles. The molecule has 11 aromatic carbocycles. The predicted octanol–water partition coefficient (Wildman–Crippen LogP) is 17.2. The number of hydrogen-bond acceptors (Lipinski definition) is 1. The average Bonchev–Trinajstić information content (AvgIpc) is 3.82. The Bertz CT molecular complexity index is 3760. The summed E-state index contributed by atoms with van der Waals surface area (Å²) in [6.07, 6.45) is 0. The van der Waals surface area contributed by atoms with Crippen LogP contribution in [0.2, 0.25) is 0 Å². The first-order chi connectivity index (χ1) is 30.5. The van der Waals surface area contributed by atoms with E-state index in [1.165, 1.54) is 121 Å². The van der Waals surface area contributed by atoms with Gasteiger partial charge in [0.1, 0.15) is 11.2 Å². The van der Waals surface area contributed by atoms with Crippen LogP contribution in [-0.4, -0.2) is 0 Å². The minimum atomic E-state index is -0.0891. The Labute approximate surface area is 360 Å². The highest BCUT2D eigenvalue weighted by Gasteiger charge is 2.37. The summed E-state index contributed by atoms with van der Waals surface area (Å²) < 4.78 is 7.00. The van der Waals surface area contributed by atoms with Crippen LogP contribution >= 0.6 is 0 Å². The highest BCUT2D eigenvalue weighted by atomic mass is 16.3. The number of benzene rings is 11. The second-order valence-electron chi connectivity index (χ2n) is 17.5. The van der Waals surface area contributed by atoms with E-state index in [2.05, 4.69) is 220 Å². The fourth-order valence-electron chi connectivity index (χ4n) is 11.0. The van der Waals surface area contributed by atoms with Crippen molar-refractivity contribution in [2.75, 3.05) is 0 Å². The zero-order valence-electron chi connectivity index (χ0n) is 34.5. The third-order valence-electron chi connectivity index (χ3n) is 13.9. The maximum absolute atomic E-state index is 7.00. The molecular weight excluding hydrogens is 749 g/mol. The normalized spacial score (nSPS) is 13.1. The molecule has 0 unspecified atom stereocenters. The molecule has 0 saturated carbocycles. The van der Waals surface area contributed by atoms with E-state index < -0.39 is 0 Å². The highest BCUT2D eigenvalue weighted by molar-refractivity contribution is 6.25. The van der Waals surface area contributed by atoms with Gasteiger partial charge in [0.2, 0.25) is 0 Å². The van der Waals surface area contributed by atoms with Crippen LogP contribution in [0.4, 0.5) is 0 Å². The molecule has 0 saturated heterocycles. The number of rotatable bonds is 4. The van der Waals surface area contributed by atoms with Crippen molar-refractivity contribution in [3.05, 3.63) is 217 Å². The van der Waals surface area contributed by atoms with Crippen molar-refractivity contribution in [1.82, 2.24) is 0 Å². The summed E-state index contributed by atoms with van der Waals surface area (Å²) in [4.78, 5) is 0. The zero-order chi connectivity index (χ0) is 41.1. The molecule has 0 radical (unpaired) electrons. The summed E-state index contributed by atoms with van der Waals surface area (Å²) >= 11 is 0. The van der Waals surface area contributed by atoms with E-state index in [0.29, 0.717) is 0 Å². The molecule has 1 aliphatic rings. The van der Waals surface area contributed by atoms with Gasteiger partial charge in [0, 0.05) is 21.8 Å². The summed E-state index contributed by atoms with van der Waals surface area (Å²) in [5.41, 5.74) is 16.8. The molecule has 13 rings (SSSR count). The van der Waals surface area contributed by atoms with Crippen LogP contribution in [0.25, 0.3) is 121 Å². The van der Waals surface area contributed by atoms with Gasteiger partial charge in [-0.1, -0.05) is 208 Å². The first-order valence-electron chi connectivity index (χ1n) is 21.7. The van der Waals surface area contributed by atoms with E-state index in [0.717, 1.165) is 11.2 Å². The maximum Gasteiger partial charge on any atom is 0.143 e. The van der Waals surface area contributed by atoms with Crippen molar-refractivity contribution >= 4 is 65.0 Å². The average molecular weight is 789 g/mol. The minimum absolute atomic E-state index is 0.0891. The third-order valence-corrected chi connectivity index (χ3v) is 13.9. The quantitative estimate of drug-likeness (QED) is 0.162. The van der Waals surface area contributed by atoms with Gasteiger partial charge in [0.25, 0.3) is 0 Å². The minimum Gasteiger partial charge on any atom is -0.455 e. The van der Waals surface area contributed by atoms with Crippen LogP contribution in [0.15, 0.2) is 211 Å². The standard InChI is InChI=1S/C61H40O/c1-61(2)53-28-12-11-26-50(53)59-54(61)34-33-51-58-45-21-6-5-20-44(45)52(36-55(58)62-60(51)59)38-29-31-39(32-30-38)56-46-22-7-9-24-48(46)57(49-25-10-8-23-47(49)56)41-18-13-17-40(35-41)43-27-14-16-37-15-3-4-19-42(37)43/h3-36H,1-2H3. The Morgan fingerprint density at radius 3 is 1.61 bits per heavy atom. The molecule has 290 valence electrons. The highest BCUT2D eigenvalue weighted by Crippen LogP contribution is 2.53. The molecule has 1 heterocycles. The van der Waals surface area contributed by atoms with Crippen LogP contribution in [0.3, 0.4) is 0 Å². The van der Waals surface area contributed by atoms with Crippen molar-refractivity contribution in [2.45, 2.75) is 19.3 Å². The topological polar surface area (TPSA) is 13.1 Å². The molecule has 12 aromatic rings. The lowest BCUT2D eigenvalue weighted by Crippen LogP contribution is -2.14. The van der Waals surface area contributed by atoms with Crippen LogP contribution < -0.4 is 0 Å². The van der Waals surface area contributed by atoms with E-state index in [9.17, 15) is 0 Å². The zero-order valence-corrected chi connectivity index (χ0v) is 34.5. The second kappa shape index (κ2) is 13.1. The molecule has 0 N–H and O–H groups in total. The van der Waals surface area contributed by atoms with Crippen molar-refractivity contribution in [1.29, 1.82) is 0 Å². The first kappa shape index (κ1) is 35.1. The Hall–Kier alpha value is -7.74. The van der Waals surface area contributed by atoms with E-state index in [4.69, 9.17) is 4.42 Å². The van der Waals surface area contributed by atoms with Gasteiger partial charge in [-0.15, -0.1) is 0 Å². The van der Waals surface area contributed by atoms with Crippen molar-refractivity contribution in [3.63, 3.8) is 0 Å². The molecule has 1 heteroatoms. The Balaban J connectivity index is 0.967. The SMILES string of the molecule is CC1(C)c2ccccc2-c2c1ccc1c2oc2cc(-c3ccc(-c4c5ccccc5c(-c5cccc(-c6cccc7ccccc67)c5)c5ccccc45)cc3)c3ccccc3c21. The van der Waals surface area contributed by atoms with Gasteiger partial charge >= 0.3 is 0 Å². The summed E-state index contributed by atoms with van der Waals surface area (Å²) in [6.45, 7) is 4.66. The first-order valence-corrected chi connectivity index (χ1v) is 21.7. The predicted molar refractivity (Wildman–Crippen MR) is 263 cm³/mol. The van der Waals surface area contributed by atoms with Crippen LogP contribution in [0, 0.1) is 0 Å². The van der Waals surface area contributed by atoms with Gasteiger partial charge in [-0.3, -0.25) is 0 Å². The van der Waals surface area contributed by atoms with Crippen LogP contribution in [0.5, 0.6) is 0 Å². The molecule has 0 amide bonds. The van der Waals surface area contributed by atoms with E-state index >= 15 is 0 Å². The number of fused-ring (bicyclic) bond motifs is 12. The van der Waals surface area contributed by atoms with Crippen LogP contribution in [0.1, 0.15) is 25.0 Å². The molecule has 0 fully saturated rings. The van der Waals surface area contributed by atoms with Gasteiger partial charge < -0.3 is 4.42 Å². The molecule has 1 nitrogen and oxygen atoms in total. The summed E-state index contributed by atoms with van der Waals surface area (Å²) in [5.74, 6) is 0. The molecule has 62 heavy (non-hydrogen) atoms. The van der Waals surface area contributed by atoms with Gasteiger partial charge in [0.05, 0.1) is 0 Å². The van der Waals surface area contributed by atoms with E-state index in [1.54, 1.807) is 0 Å². The van der Waals surface area contributed by atoms with Crippen LogP contribution in [-0.2, 0) is 5.41 Å². The van der Waals surface area contributed by atoms with E-state index in [1.807, 2.05) is 0 Å². The van der Waals surface area contributed by atoms with Gasteiger partial charge in [0.15, 0.2) is 0 Å². The van der Waals surface area contributed by atoms with Crippen molar-refractivity contribution < 1.29 is 4.42 Å². The maximum atomic E-state index is 7.00. The fourth-order valence-corrected chi connectivity index (χ4v) is 11.0. The molecule has 1 aromatic heterocycles. The van der Waals surface area contributed by atoms with Gasteiger partial charge in [-0.2, -0.15) is 0 Å². The lowest BCUT2D eigenvalue weighted by molar-refractivity contribution is 0.653. The lowest BCUT2D eigenvalue weighted by atomic mass is 9.82. The summed E-state index contributed by atoms with van der Waals surface area (Å²) in [7, 11) is 0. The third kappa shape index (κ3) is 4.97. The monoisotopic (exact) mass is 788 g/mol. The smallest absolute Gasteiger partial charge is 0.143 e. The molecule has 0 atom stereocenters. The second-order valence-corrected chi connectivity index (χ2v) is 17.5. The van der Waals surface area contributed by atoms with Crippen molar-refractivity contribution in [2.24, 2.45) is 0 Å². The number of furan rings is 1. The van der Waals surface area contributed by atoms with Crippen molar-refractivity contribution in [3.8, 4) is 55.6 Å². The number of hydrogen-bond donors (Lipinski definition) is 0. The fraction of sp³-hybridized carbons (Fsp3) is 0.0492. The summed E-state index contributed by atoms with van der Waals surface area (Å²) in [6, 6.07) is 76.0. The largest absolute Gasteiger partial charge is 0.455 e. The molecular formula is C61H40O. The lowest BCUT2D eigenvalue weighted by Gasteiger charge is -2.21. The van der Waals surface area contributed by atoms with E-state index in [-0.39, 0.29) is 5.41 Å². The van der Waals surface area contributed by atoms with Gasteiger partial charge in [-0.25, -0.2) is 0 Å². The molecule has 0 aliphatic heterocycles.